The highest BCUT2D eigenvalue weighted by Crippen LogP contribution is 2.06. The maximum Gasteiger partial charge on any atom is 0.305 e. The molecule has 1 heterocycles. The Morgan fingerprint density at radius 2 is 2.41 bits per heavy atom. The standard InChI is InChI=1S/C12H21N3O2/c1-3-7-15-8-6-14-11(15)9-10(13)4-5-12(16)17-2/h6,8,10H,3-5,7,9,13H2,1-2H3. The highest BCUT2D eigenvalue weighted by molar-refractivity contribution is 5.69. The van der Waals surface area contributed by atoms with E-state index in [4.69, 9.17) is 5.73 Å². The Balaban J connectivity index is 2.41. The number of carbonyl (C=O) groups excluding carboxylic acids is 1. The van der Waals surface area contributed by atoms with E-state index in [1.54, 1.807) is 6.20 Å². The van der Waals surface area contributed by atoms with Gasteiger partial charge in [-0.1, -0.05) is 6.92 Å². The highest BCUT2D eigenvalue weighted by atomic mass is 16.5. The van der Waals surface area contributed by atoms with Gasteiger partial charge < -0.3 is 15.0 Å². The molecular formula is C12H21N3O2. The molecule has 0 fully saturated rings. The topological polar surface area (TPSA) is 70.1 Å². The van der Waals surface area contributed by atoms with Gasteiger partial charge in [0.15, 0.2) is 0 Å². The predicted molar refractivity (Wildman–Crippen MR) is 65.4 cm³/mol. The molecule has 0 aliphatic carbocycles. The summed E-state index contributed by atoms with van der Waals surface area (Å²) in [5.74, 6) is 0.779. The lowest BCUT2D eigenvalue weighted by molar-refractivity contribution is -0.140. The van der Waals surface area contributed by atoms with Crippen LogP contribution in [0.3, 0.4) is 0 Å². The predicted octanol–water partition coefficient (Wildman–Crippen LogP) is 1.12. The van der Waals surface area contributed by atoms with Gasteiger partial charge in [0, 0.05) is 37.8 Å². The molecule has 0 aromatic carbocycles. The molecule has 96 valence electrons. The second kappa shape index (κ2) is 7.06. The molecule has 0 saturated heterocycles. The summed E-state index contributed by atoms with van der Waals surface area (Å²) in [7, 11) is 1.39. The molecule has 17 heavy (non-hydrogen) atoms. The smallest absolute Gasteiger partial charge is 0.305 e. The Labute approximate surface area is 102 Å². The maximum atomic E-state index is 11.0. The van der Waals surface area contributed by atoms with Crippen LogP contribution in [-0.2, 0) is 22.5 Å². The number of nitrogens with two attached hydrogens (primary N) is 1. The van der Waals surface area contributed by atoms with Crippen molar-refractivity contribution in [1.82, 2.24) is 9.55 Å². The van der Waals surface area contributed by atoms with Crippen molar-refractivity contribution in [3.05, 3.63) is 18.2 Å². The number of imidazole rings is 1. The van der Waals surface area contributed by atoms with Gasteiger partial charge in [-0.25, -0.2) is 4.98 Å². The van der Waals surface area contributed by atoms with Crippen LogP contribution in [0, 0.1) is 0 Å². The number of hydrogen-bond donors (Lipinski definition) is 1. The van der Waals surface area contributed by atoms with Crippen molar-refractivity contribution in [2.75, 3.05) is 7.11 Å². The van der Waals surface area contributed by atoms with Gasteiger partial charge in [-0.2, -0.15) is 0 Å². The Morgan fingerprint density at radius 1 is 1.65 bits per heavy atom. The molecule has 1 rings (SSSR count). The number of aryl methyl sites for hydroxylation is 1. The van der Waals surface area contributed by atoms with Crippen molar-refractivity contribution in [2.24, 2.45) is 5.73 Å². The van der Waals surface area contributed by atoms with E-state index in [0.717, 1.165) is 18.8 Å². The fourth-order valence-corrected chi connectivity index (χ4v) is 1.72. The van der Waals surface area contributed by atoms with E-state index in [1.807, 2.05) is 6.20 Å². The third-order valence-corrected chi connectivity index (χ3v) is 2.66. The van der Waals surface area contributed by atoms with Crippen molar-refractivity contribution in [2.45, 2.75) is 45.2 Å². The van der Waals surface area contributed by atoms with Crippen molar-refractivity contribution >= 4 is 5.97 Å². The van der Waals surface area contributed by atoms with Crippen LogP contribution in [0.5, 0.6) is 0 Å². The first-order chi connectivity index (χ1) is 8.17. The number of carbonyl (C=O) groups is 1. The molecule has 0 bridgehead atoms. The maximum absolute atomic E-state index is 11.0. The zero-order valence-electron chi connectivity index (χ0n) is 10.6. The number of nitrogens with zero attached hydrogens (tertiary/aromatic N) is 2. The first-order valence-corrected chi connectivity index (χ1v) is 5.99. The Morgan fingerprint density at radius 3 is 3.06 bits per heavy atom. The van der Waals surface area contributed by atoms with Gasteiger partial charge in [0.1, 0.15) is 5.82 Å². The lowest BCUT2D eigenvalue weighted by Crippen LogP contribution is -2.25. The van der Waals surface area contributed by atoms with Gasteiger partial charge in [-0.3, -0.25) is 4.79 Å². The molecule has 0 spiro atoms. The third kappa shape index (κ3) is 4.56. The lowest BCUT2D eigenvalue weighted by Gasteiger charge is -2.12. The number of rotatable bonds is 7. The zero-order valence-corrected chi connectivity index (χ0v) is 10.6. The fraction of sp³-hybridized carbons (Fsp3) is 0.667. The van der Waals surface area contributed by atoms with Crippen LogP contribution in [0.15, 0.2) is 12.4 Å². The molecule has 0 aliphatic heterocycles. The summed E-state index contributed by atoms with van der Waals surface area (Å²) >= 11 is 0. The molecule has 5 nitrogen and oxygen atoms in total. The normalized spacial score (nSPS) is 12.4. The molecule has 0 saturated carbocycles. The number of ether oxygens (including phenoxy) is 1. The van der Waals surface area contributed by atoms with E-state index < -0.39 is 0 Å². The van der Waals surface area contributed by atoms with E-state index in [0.29, 0.717) is 19.3 Å². The molecule has 1 aromatic rings. The van der Waals surface area contributed by atoms with Gasteiger partial charge in [-0.15, -0.1) is 0 Å². The zero-order chi connectivity index (χ0) is 12.7. The van der Waals surface area contributed by atoms with E-state index >= 15 is 0 Å². The molecule has 1 atom stereocenters. The van der Waals surface area contributed by atoms with Crippen molar-refractivity contribution in [3.63, 3.8) is 0 Å². The van der Waals surface area contributed by atoms with Gasteiger partial charge in [0.2, 0.25) is 0 Å². The molecule has 0 radical (unpaired) electrons. The average molecular weight is 239 g/mol. The SMILES string of the molecule is CCCn1ccnc1CC(N)CCC(=O)OC. The second-order valence-corrected chi connectivity index (χ2v) is 4.12. The van der Waals surface area contributed by atoms with Crippen LogP contribution in [-0.4, -0.2) is 28.7 Å². The van der Waals surface area contributed by atoms with Crippen LogP contribution in [0.4, 0.5) is 0 Å². The first-order valence-electron chi connectivity index (χ1n) is 5.99. The summed E-state index contributed by atoms with van der Waals surface area (Å²) < 4.78 is 6.69. The van der Waals surface area contributed by atoms with E-state index in [1.165, 1.54) is 7.11 Å². The summed E-state index contributed by atoms with van der Waals surface area (Å²) in [6, 6.07) is -0.0490. The second-order valence-electron chi connectivity index (χ2n) is 4.12. The van der Waals surface area contributed by atoms with Gasteiger partial charge in [-0.05, 0) is 12.8 Å². The number of methoxy groups -OCH3 is 1. The molecule has 5 heteroatoms. The summed E-state index contributed by atoms with van der Waals surface area (Å²) in [5, 5.41) is 0. The summed E-state index contributed by atoms with van der Waals surface area (Å²) in [4.78, 5) is 15.3. The molecule has 2 N–H and O–H groups in total. The van der Waals surface area contributed by atoms with Gasteiger partial charge in [0.05, 0.1) is 7.11 Å². The molecule has 0 amide bonds. The lowest BCUT2D eigenvalue weighted by atomic mass is 10.1. The molecule has 0 aliphatic rings. The highest BCUT2D eigenvalue weighted by Gasteiger charge is 2.11. The molecule has 1 aromatic heterocycles. The minimum atomic E-state index is -0.211. The first kappa shape index (κ1) is 13.7. The Bertz CT molecular complexity index is 349. The van der Waals surface area contributed by atoms with E-state index in [9.17, 15) is 4.79 Å². The van der Waals surface area contributed by atoms with Crippen LogP contribution in [0.1, 0.15) is 32.0 Å². The van der Waals surface area contributed by atoms with Crippen molar-refractivity contribution < 1.29 is 9.53 Å². The van der Waals surface area contributed by atoms with Crippen LogP contribution >= 0.6 is 0 Å². The van der Waals surface area contributed by atoms with E-state index in [2.05, 4.69) is 21.2 Å². The molecular weight excluding hydrogens is 218 g/mol. The number of hydrogen-bond acceptors (Lipinski definition) is 4. The van der Waals surface area contributed by atoms with E-state index in [-0.39, 0.29) is 12.0 Å². The minimum absolute atomic E-state index is 0.0490. The third-order valence-electron chi connectivity index (χ3n) is 2.66. The fourth-order valence-electron chi connectivity index (χ4n) is 1.72. The average Bonchev–Trinajstić information content (AvgIpc) is 2.74. The number of aromatic nitrogens is 2. The summed E-state index contributed by atoms with van der Waals surface area (Å²) in [6.45, 7) is 3.08. The Hall–Kier alpha value is -1.36. The van der Waals surface area contributed by atoms with Gasteiger partial charge in [0.25, 0.3) is 0 Å². The largest absolute Gasteiger partial charge is 0.469 e. The van der Waals surface area contributed by atoms with Crippen LogP contribution < -0.4 is 5.73 Å². The van der Waals surface area contributed by atoms with Crippen LogP contribution in [0.2, 0.25) is 0 Å². The molecule has 1 unspecified atom stereocenters. The van der Waals surface area contributed by atoms with Gasteiger partial charge >= 0.3 is 5.97 Å². The van der Waals surface area contributed by atoms with Crippen molar-refractivity contribution in [1.29, 1.82) is 0 Å². The quantitative estimate of drug-likeness (QED) is 0.724. The minimum Gasteiger partial charge on any atom is -0.469 e. The summed E-state index contributed by atoms with van der Waals surface area (Å²) in [6.07, 6.45) is 6.52. The summed E-state index contributed by atoms with van der Waals surface area (Å²) in [5.41, 5.74) is 5.97. The van der Waals surface area contributed by atoms with Crippen molar-refractivity contribution in [3.8, 4) is 0 Å². The number of esters is 1. The van der Waals surface area contributed by atoms with Crippen LogP contribution in [0.25, 0.3) is 0 Å². The monoisotopic (exact) mass is 239 g/mol. The Kier molecular flexibility index (Phi) is 5.69.